The summed E-state index contributed by atoms with van der Waals surface area (Å²) in [7, 11) is 3.41. The normalized spacial score (nSPS) is 18.1. The molecule has 0 bridgehead atoms. The monoisotopic (exact) mass is 365 g/mol. The maximum absolute atomic E-state index is 14.0. The number of anilines is 1. The Kier molecular flexibility index (Phi) is 5.58. The number of carbonyl (C=O) groups excluding carboxylic acids is 1. The summed E-state index contributed by atoms with van der Waals surface area (Å²) in [6.07, 6.45) is 2.21. The van der Waals surface area contributed by atoms with Crippen molar-refractivity contribution in [3.8, 4) is 0 Å². The summed E-state index contributed by atoms with van der Waals surface area (Å²) in [5.74, 6) is -0.187. The van der Waals surface area contributed by atoms with Gasteiger partial charge in [0.25, 0.3) is 0 Å². The number of guanidine groups is 1. The van der Waals surface area contributed by atoms with Crippen LogP contribution in [0.1, 0.15) is 12.8 Å². The van der Waals surface area contributed by atoms with Crippen molar-refractivity contribution in [2.75, 3.05) is 51.7 Å². The smallest absolute Gasteiger partial charge is 0.243 e. The highest BCUT2D eigenvalue weighted by atomic mass is 19.1. The summed E-state index contributed by atoms with van der Waals surface area (Å²) in [5.41, 5.74) is 0.293. The van der Waals surface area contributed by atoms with E-state index in [2.05, 4.69) is 15.2 Å². The first-order valence-corrected chi connectivity index (χ1v) is 8.90. The molecule has 1 saturated carbocycles. The SMILES string of the molecule is CN(C)C(=O)CN=C(NC1CC1)N1CCN(c2cc(F)ccc2F)CC1. The second-order valence-corrected chi connectivity index (χ2v) is 6.92. The Balaban J connectivity index is 1.64. The Morgan fingerprint density at radius 2 is 1.92 bits per heavy atom. The number of hydrogen-bond donors (Lipinski definition) is 1. The van der Waals surface area contributed by atoms with E-state index >= 15 is 0 Å². The number of rotatable bonds is 4. The topological polar surface area (TPSA) is 51.2 Å². The third kappa shape index (κ3) is 4.62. The van der Waals surface area contributed by atoms with Gasteiger partial charge in [0, 0.05) is 52.4 Å². The molecular formula is C18H25F2N5O. The Morgan fingerprint density at radius 1 is 1.23 bits per heavy atom. The number of likely N-dealkylation sites (N-methyl/N-ethyl adjacent to an activating group) is 1. The molecule has 2 fully saturated rings. The number of benzene rings is 1. The molecule has 1 aliphatic carbocycles. The van der Waals surface area contributed by atoms with E-state index < -0.39 is 11.6 Å². The van der Waals surface area contributed by atoms with Crippen molar-refractivity contribution in [2.24, 2.45) is 4.99 Å². The Hall–Kier alpha value is -2.38. The van der Waals surface area contributed by atoms with Gasteiger partial charge in [-0.2, -0.15) is 0 Å². The van der Waals surface area contributed by atoms with Crippen molar-refractivity contribution < 1.29 is 13.6 Å². The molecular weight excluding hydrogens is 340 g/mol. The minimum Gasteiger partial charge on any atom is -0.366 e. The lowest BCUT2D eigenvalue weighted by Gasteiger charge is -2.38. The first-order valence-electron chi connectivity index (χ1n) is 8.90. The third-order valence-electron chi connectivity index (χ3n) is 4.60. The van der Waals surface area contributed by atoms with Gasteiger partial charge in [-0.25, -0.2) is 13.8 Å². The van der Waals surface area contributed by atoms with Crippen LogP contribution in [0.5, 0.6) is 0 Å². The van der Waals surface area contributed by atoms with Gasteiger partial charge in [0.2, 0.25) is 5.91 Å². The summed E-state index contributed by atoms with van der Waals surface area (Å²) in [4.78, 5) is 21.7. The van der Waals surface area contributed by atoms with Crippen LogP contribution in [0.2, 0.25) is 0 Å². The number of piperazine rings is 1. The Morgan fingerprint density at radius 3 is 2.54 bits per heavy atom. The van der Waals surface area contributed by atoms with Crippen LogP contribution in [0.25, 0.3) is 0 Å². The molecule has 0 atom stereocenters. The van der Waals surface area contributed by atoms with E-state index in [0.29, 0.717) is 37.9 Å². The zero-order chi connectivity index (χ0) is 18.7. The van der Waals surface area contributed by atoms with Crippen molar-refractivity contribution in [1.29, 1.82) is 0 Å². The van der Waals surface area contributed by atoms with E-state index in [-0.39, 0.29) is 12.5 Å². The molecule has 0 unspecified atom stereocenters. The molecule has 1 heterocycles. The minimum atomic E-state index is -0.441. The molecule has 0 aromatic heterocycles. The molecule has 26 heavy (non-hydrogen) atoms. The van der Waals surface area contributed by atoms with Crippen LogP contribution in [0.4, 0.5) is 14.5 Å². The number of aliphatic imine (C=N–C) groups is 1. The molecule has 2 aliphatic rings. The van der Waals surface area contributed by atoms with Crippen molar-refractivity contribution in [3.63, 3.8) is 0 Å². The first kappa shape index (κ1) is 18.4. The van der Waals surface area contributed by atoms with Gasteiger partial charge in [-0.15, -0.1) is 0 Å². The predicted octanol–water partition coefficient (Wildman–Crippen LogP) is 1.28. The van der Waals surface area contributed by atoms with Crippen LogP contribution in [-0.2, 0) is 4.79 Å². The van der Waals surface area contributed by atoms with Crippen LogP contribution >= 0.6 is 0 Å². The van der Waals surface area contributed by atoms with Crippen molar-refractivity contribution in [2.45, 2.75) is 18.9 Å². The number of amides is 1. The zero-order valence-electron chi connectivity index (χ0n) is 15.2. The fraction of sp³-hybridized carbons (Fsp3) is 0.556. The van der Waals surface area contributed by atoms with E-state index in [4.69, 9.17) is 0 Å². The lowest BCUT2D eigenvalue weighted by Crippen LogP contribution is -2.53. The average Bonchev–Trinajstić information content (AvgIpc) is 3.44. The van der Waals surface area contributed by atoms with E-state index in [9.17, 15) is 13.6 Å². The third-order valence-corrected chi connectivity index (χ3v) is 4.60. The number of carbonyl (C=O) groups is 1. The van der Waals surface area contributed by atoms with Gasteiger partial charge >= 0.3 is 0 Å². The highest BCUT2D eigenvalue weighted by molar-refractivity contribution is 5.85. The molecule has 1 amide bonds. The number of hydrogen-bond acceptors (Lipinski definition) is 3. The van der Waals surface area contributed by atoms with Gasteiger partial charge in [0.15, 0.2) is 5.96 Å². The molecule has 1 saturated heterocycles. The maximum Gasteiger partial charge on any atom is 0.243 e. The van der Waals surface area contributed by atoms with Crippen molar-refractivity contribution in [3.05, 3.63) is 29.8 Å². The number of halogens is 2. The summed E-state index contributed by atoms with van der Waals surface area (Å²) >= 11 is 0. The van der Waals surface area contributed by atoms with Crippen LogP contribution in [0.3, 0.4) is 0 Å². The average molecular weight is 365 g/mol. The number of nitrogens with one attached hydrogen (secondary N) is 1. The fourth-order valence-electron chi connectivity index (χ4n) is 2.82. The summed E-state index contributed by atoms with van der Waals surface area (Å²) < 4.78 is 27.4. The van der Waals surface area contributed by atoms with Crippen molar-refractivity contribution >= 4 is 17.6 Å². The molecule has 1 aromatic rings. The minimum absolute atomic E-state index is 0.0550. The van der Waals surface area contributed by atoms with E-state index in [1.807, 2.05) is 4.90 Å². The maximum atomic E-state index is 14.0. The second kappa shape index (κ2) is 7.88. The molecule has 0 radical (unpaired) electrons. The van der Waals surface area contributed by atoms with E-state index in [1.165, 1.54) is 11.0 Å². The van der Waals surface area contributed by atoms with E-state index in [1.54, 1.807) is 14.1 Å². The predicted molar refractivity (Wildman–Crippen MR) is 97.3 cm³/mol. The molecule has 6 nitrogen and oxygen atoms in total. The van der Waals surface area contributed by atoms with Gasteiger partial charge in [0.1, 0.15) is 18.2 Å². The van der Waals surface area contributed by atoms with E-state index in [0.717, 1.165) is 30.9 Å². The standard InChI is InChI=1S/C18H25F2N5O/c1-23(2)17(26)12-21-18(22-14-4-5-14)25-9-7-24(8-10-25)16-11-13(19)3-6-15(16)20/h3,6,11,14H,4-5,7-10,12H2,1-2H3,(H,21,22). The number of nitrogens with zero attached hydrogens (tertiary/aromatic N) is 4. The molecule has 0 spiro atoms. The Bertz CT molecular complexity index is 682. The van der Waals surface area contributed by atoms with Gasteiger partial charge in [-0.3, -0.25) is 4.79 Å². The van der Waals surface area contributed by atoms with Crippen LogP contribution < -0.4 is 10.2 Å². The molecule has 142 valence electrons. The van der Waals surface area contributed by atoms with Gasteiger partial charge in [0.05, 0.1) is 5.69 Å². The highest BCUT2D eigenvalue weighted by Gasteiger charge is 2.27. The lowest BCUT2D eigenvalue weighted by atomic mass is 10.2. The molecule has 1 aliphatic heterocycles. The lowest BCUT2D eigenvalue weighted by molar-refractivity contribution is -0.127. The summed E-state index contributed by atoms with van der Waals surface area (Å²) in [5, 5.41) is 3.38. The highest BCUT2D eigenvalue weighted by Crippen LogP contribution is 2.23. The van der Waals surface area contributed by atoms with Crippen molar-refractivity contribution in [1.82, 2.24) is 15.1 Å². The summed E-state index contributed by atoms with van der Waals surface area (Å²) in [6, 6.07) is 3.94. The first-order chi connectivity index (χ1) is 12.4. The van der Waals surface area contributed by atoms with Gasteiger partial charge in [-0.1, -0.05) is 0 Å². The largest absolute Gasteiger partial charge is 0.366 e. The van der Waals surface area contributed by atoms with Crippen LogP contribution in [0.15, 0.2) is 23.2 Å². The van der Waals surface area contributed by atoms with Gasteiger partial charge in [-0.05, 0) is 25.0 Å². The second-order valence-electron chi connectivity index (χ2n) is 6.92. The molecule has 3 rings (SSSR count). The zero-order valence-corrected chi connectivity index (χ0v) is 15.2. The molecule has 1 aromatic carbocycles. The molecule has 1 N–H and O–H groups in total. The Labute approximate surface area is 152 Å². The van der Waals surface area contributed by atoms with Crippen LogP contribution in [-0.4, -0.2) is 74.5 Å². The van der Waals surface area contributed by atoms with Crippen LogP contribution in [0, 0.1) is 11.6 Å². The quantitative estimate of drug-likeness (QED) is 0.645. The van der Waals surface area contributed by atoms with Gasteiger partial charge < -0.3 is 20.0 Å². The molecule has 8 heteroatoms. The fourth-order valence-corrected chi connectivity index (χ4v) is 2.82. The summed E-state index contributed by atoms with van der Waals surface area (Å²) in [6.45, 7) is 2.48.